The minimum Gasteiger partial charge on any atom is -0.404 e. The molecule has 13 heavy (non-hydrogen) atoms. The summed E-state index contributed by atoms with van der Waals surface area (Å²) < 4.78 is 6.50. The van der Waals surface area contributed by atoms with Gasteiger partial charge in [0.05, 0.1) is 5.69 Å². The van der Waals surface area contributed by atoms with Crippen molar-refractivity contribution in [3.8, 4) is 5.88 Å². The molecule has 0 atom stereocenters. The van der Waals surface area contributed by atoms with Gasteiger partial charge in [-0.2, -0.15) is 5.10 Å². The van der Waals surface area contributed by atoms with Crippen LogP contribution in [0, 0.1) is 6.92 Å². The average Bonchev–Trinajstić information content (AvgIpc) is 2.30. The molecule has 1 heterocycles. The Hall–Kier alpha value is -1.58. The Morgan fingerprint density at radius 1 is 1.69 bits per heavy atom. The van der Waals surface area contributed by atoms with E-state index in [1.807, 2.05) is 6.92 Å². The van der Waals surface area contributed by atoms with Gasteiger partial charge in [0.25, 0.3) is 0 Å². The number of nitrogens with zero attached hydrogens (tertiary/aromatic N) is 2. The highest BCUT2D eigenvalue weighted by molar-refractivity contribution is 5.88. The van der Waals surface area contributed by atoms with Gasteiger partial charge in [-0.1, -0.05) is 6.58 Å². The monoisotopic (exact) mass is 180 g/mol. The molecule has 1 aromatic rings. The van der Waals surface area contributed by atoms with E-state index in [1.165, 1.54) is 4.68 Å². The Balaban J connectivity index is 2.80. The maximum Gasteiger partial charge on any atom is 0.339 e. The predicted octanol–water partition coefficient (Wildman–Crippen LogP) is 1.21. The third-order valence-electron chi connectivity index (χ3n) is 1.50. The van der Waals surface area contributed by atoms with Crippen LogP contribution in [-0.4, -0.2) is 15.7 Å². The van der Waals surface area contributed by atoms with Crippen LogP contribution >= 0.6 is 0 Å². The maximum atomic E-state index is 11.1. The number of aryl methyl sites for hydroxylation is 2. The van der Waals surface area contributed by atoms with Crippen LogP contribution < -0.4 is 4.74 Å². The molecule has 0 radical (unpaired) electrons. The highest BCUT2D eigenvalue weighted by Crippen LogP contribution is 2.12. The van der Waals surface area contributed by atoms with Crippen molar-refractivity contribution < 1.29 is 9.53 Å². The molecule has 0 aliphatic carbocycles. The summed E-state index contributed by atoms with van der Waals surface area (Å²) in [4.78, 5) is 11.1. The van der Waals surface area contributed by atoms with Crippen molar-refractivity contribution in [2.75, 3.05) is 0 Å². The van der Waals surface area contributed by atoms with E-state index < -0.39 is 5.97 Å². The fourth-order valence-corrected chi connectivity index (χ4v) is 0.864. The Kier molecular flexibility index (Phi) is 2.51. The molecule has 0 N–H and O–H groups in total. The first kappa shape index (κ1) is 9.51. The lowest BCUT2D eigenvalue weighted by Gasteiger charge is -2.02. The zero-order chi connectivity index (χ0) is 10.0. The standard InChI is InChI=1S/C9H12N2O2/c1-6(2)9(12)13-8-5-7(3)10-11(8)4/h5H,1H2,2-4H3. The van der Waals surface area contributed by atoms with E-state index in [2.05, 4.69) is 11.7 Å². The molecule has 4 heteroatoms. The molecule has 0 saturated heterocycles. The van der Waals surface area contributed by atoms with E-state index in [-0.39, 0.29) is 0 Å². The second kappa shape index (κ2) is 3.43. The van der Waals surface area contributed by atoms with Crippen LogP contribution in [0.3, 0.4) is 0 Å². The summed E-state index contributed by atoms with van der Waals surface area (Å²) in [6, 6.07) is 1.70. The molecule has 1 aromatic heterocycles. The second-order valence-corrected chi connectivity index (χ2v) is 2.92. The van der Waals surface area contributed by atoms with Crippen molar-refractivity contribution in [2.45, 2.75) is 13.8 Å². The zero-order valence-corrected chi connectivity index (χ0v) is 8.00. The Labute approximate surface area is 76.8 Å². The fourth-order valence-electron chi connectivity index (χ4n) is 0.864. The van der Waals surface area contributed by atoms with Crippen LogP contribution in [0.25, 0.3) is 0 Å². The highest BCUT2D eigenvalue weighted by Gasteiger charge is 2.09. The summed E-state index contributed by atoms with van der Waals surface area (Å²) in [5.41, 5.74) is 1.19. The third kappa shape index (κ3) is 2.18. The lowest BCUT2D eigenvalue weighted by atomic mass is 10.4. The van der Waals surface area contributed by atoms with Gasteiger partial charge in [-0.15, -0.1) is 0 Å². The van der Waals surface area contributed by atoms with Gasteiger partial charge >= 0.3 is 5.97 Å². The number of aromatic nitrogens is 2. The maximum absolute atomic E-state index is 11.1. The van der Waals surface area contributed by atoms with Crippen LogP contribution in [0.1, 0.15) is 12.6 Å². The van der Waals surface area contributed by atoms with Crippen molar-refractivity contribution in [3.05, 3.63) is 23.9 Å². The quantitative estimate of drug-likeness (QED) is 0.507. The molecule has 0 spiro atoms. The smallest absolute Gasteiger partial charge is 0.339 e. The normalized spacial score (nSPS) is 9.77. The Morgan fingerprint density at radius 3 is 2.69 bits per heavy atom. The van der Waals surface area contributed by atoms with Crippen LogP contribution in [0.5, 0.6) is 5.88 Å². The highest BCUT2D eigenvalue weighted by atomic mass is 16.5. The summed E-state index contributed by atoms with van der Waals surface area (Å²) in [6.07, 6.45) is 0. The first-order chi connectivity index (χ1) is 6.00. The minimum absolute atomic E-state index is 0.374. The van der Waals surface area contributed by atoms with E-state index in [0.29, 0.717) is 11.5 Å². The molecule has 0 aliphatic heterocycles. The zero-order valence-electron chi connectivity index (χ0n) is 8.00. The van der Waals surface area contributed by atoms with Crippen molar-refractivity contribution in [1.82, 2.24) is 9.78 Å². The number of hydrogen-bond acceptors (Lipinski definition) is 3. The number of hydrogen-bond donors (Lipinski definition) is 0. The molecule has 1 rings (SSSR count). The van der Waals surface area contributed by atoms with Gasteiger partial charge in [-0.25, -0.2) is 9.48 Å². The Bertz CT molecular complexity index is 352. The SMILES string of the molecule is C=C(C)C(=O)Oc1cc(C)nn1C. The molecule has 0 amide bonds. The molecule has 70 valence electrons. The van der Waals surface area contributed by atoms with E-state index >= 15 is 0 Å². The predicted molar refractivity (Wildman–Crippen MR) is 48.4 cm³/mol. The van der Waals surface area contributed by atoms with Crippen LogP contribution in [0.15, 0.2) is 18.2 Å². The summed E-state index contributed by atoms with van der Waals surface area (Å²) in [5, 5.41) is 4.03. The van der Waals surface area contributed by atoms with Crippen LogP contribution in [0.2, 0.25) is 0 Å². The van der Waals surface area contributed by atoms with Crippen LogP contribution in [-0.2, 0) is 11.8 Å². The number of rotatable bonds is 2. The number of carbonyl (C=O) groups excluding carboxylic acids is 1. The topological polar surface area (TPSA) is 44.1 Å². The molecule has 0 aliphatic rings. The van der Waals surface area contributed by atoms with E-state index in [0.717, 1.165) is 5.69 Å². The van der Waals surface area contributed by atoms with Gasteiger partial charge in [-0.3, -0.25) is 0 Å². The summed E-state index contributed by atoms with van der Waals surface area (Å²) in [5.74, 6) is 0.00787. The number of esters is 1. The molecular formula is C9H12N2O2. The summed E-state index contributed by atoms with van der Waals surface area (Å²) in [6.45, 7) is 6.92. The molecule has 0 aromatic carbocycles. The number of ether oxygens (including phenoxy) is 1. The molecular weight excluding hydrogens is 168 g/mol. The summed E-state index contributed by atoms with van der Waals surface area (Å²) in [7, 11) is 1.72. The molecule has 0 fully saturated rings. The van der Waals surface area contributed by atoms with Crippen LogP contribution in [0.4, 0.5) is 0 Å². The van der Waals surface area contributed by atoms with Gasteiger partial charge < -0.3 is 4.74 Å². The van der Waals surface area contributed by atoms with Crippen molar-refractivity contribution in [3.63, 3.8) is 0 Å². The number of carbonyl (C=O) groups is 1. The molecule has 4 nitrogen and oxygen atoms in total. The van der Waals surface area contributed by atoms with E-state index in [1.54, 1.807) is 20.0 Å². The lowest BCUT2D eigenvalue weighted by molar-refractivity contribution is -0.130. The van der Waals surface area contributed by atoms with Crippen molar-refractivity contribution in [1.29, 1.82) is 0 Å². The first-order valence-corrected chi connectivity index (χ1v) is 3.89. The summed E-state index contributed by atoms with van der Waals surface area (Å²) >= 11 is 0. The molecule has 0 saturated carbocycles. The Morgan fingerprint density at radius 2 is 2.31 bits per heavy atom. The van der Waals surface area contributed by atoms with Crippen molar-refractivity contribution in [2.24, 2.45) is 7.05 Å². The van der Waals surface area contributed by atoms with Gasteiger partial charge in [0.1, 0.15) is 0 Å². The van der Waals surface area contributed by atoms with Gasteiger partial charge in [-0.05, 0) is 13.8 Å². The van der Waals surface area contributed by atoms with E-state index in [4.69, 9.17) is 4.74 Å². The fraction of sp³-hybridized carbons (Fsp3) is 0.333. The minimum atomic E-state index is -0.428. The van der Waals surface area contributed by atoms with Gasteiger partial charge in [0, 0.05) is 18.7 Å². The third-order valence-corrected chi connectivity index (χ3v) is 1.50. The van der Waals surface area contributed by atoms with E-state index in [9.17, 15) is 4.79 Å². The average molecular weight is 180 g/mol. The van der Waals surface area contributed by atoms with Gasteiger partial charge in [0.2, 0.25) is 5.88 Å². The molecule has 0 bridgehead atoms. The molecule has 0 unspecified atom stereocenters. The largest absolute Gasteiger partial charge is 0.404 e. The first-order valence-electron chi connectivity index (χ1n) is 3.89. The lowest BCUT2D eigenvalue weighted by Crippen LogP contribution is -2.10. The van der Waals surface area contributed by atoms with Crippen molar-refractivity contribution >= 4 is 5.97 Å². The van der Waals surface area contributed by atoms with Gasteiger partial charge in [0.15, 0.2) is 0 Å². The second-order valence-electron chi connectivity index (χ2n) is 2.92.